The minimum absolute atomic E-state index is 0.142. The lowest BCUT2D eigenvalue weighted by Crippen LogP contribution is -2.38. The molecule has 1 aliphatic rings. The number of allylic oxidation sites excluding steroid dienone is 2. The first-order chi connectivity index (χ1) is 12.7. The van der Waals surface area contributed by atoms with Crippen LogP contribution in [-0.4, -0.2) is 5.37 Å². The summed E-state index contributed by atoms with van der Waals surface area (Å²) in [4.78, 5) is 4.03. The molecule has 0 N–H and O–H groups in total. The van der Waals surface area contributed by atoms with Gasteiger partial charge in [0.1, 0.15) is 5.58 Å². The zero-order valence-corrected chi connectivity index (χ0v) is 18.2. The maximum absolute atomic E-state index is 6.41. The minimum atomic E-state index is 0.142. The second-order valence-electron chi connectivity index (χ2n) is 9.02. The Bertz CT molecular complexity index is 1050. The first-order valence-corrected chi connectivity index (χ1v) is 10.7. The molecule has 0 saturated heterocycles. The van der Waals surface area contributed by atoms with Crippen LogP contribution in [-0.2, 0) is 0 Å². The molecule has 2 heterocycles. The van der Waals surface area contributed by atoms with E-state index < -0.39 is 0 Å². The molecule has 1 aliphatic heterocycles. The van der Waals surface area contributed by atoms with Crippen LogP contribution in [0.4, 0.5) is 5.69 Å². The summed E-state index contributed by atoms with van der Waals surface area (Å²) in [5, 5.41) is 2.75. The van der Waals surface area contributed by atoms with Crippen molar-refractivity contribution in [2.75, 3.05) is 4.90 Å². The summed E-state index contributed by atoms with van der Waals surface area (Å²) in [6.07, 6.45) is 0. The second kappa shape index (κ2) is 6.34. The maximum atomic E-state index is 6.41. The van der Waals surface area contributed by atoms with E-state index in [4.69, 9.17) is 4.42 Å². The molecule has 0 saturated carbocycles. The van der Waals surface area contributed by atoms with Gasteiger partial charge in [-0.3, -0.25) is 0 Å². The van der Waals surface area contributed by atoms with Crippen LogP contribution in [0.2, 0.25) is 0 Å². The molecule has 0 radical (unpaired) electrons. The van der Waals surface area contributed by atoms with E-state index in [0.717, 1.165) is 11.2 Å². The Morgan fingerprint density at radius 1 is 1.00 bits per heavy atom. The summed E-state index contributed by atoms with van der Waals surface area (Å²) in [6.45, 7) is 16.1. The van der Waals surface area contributed by atoms with E-state index in [1.807, 2.05) is 17.8 Å². The van der Waals surface area contributed by atoms with Crippen molar-refractivity contribution in [2.45, 2.75) is 53.8 Å². The zero-order chi connectivity index (χ0) is 19.5. The third kappa shape index (κ3) is 2.87. The summed E-state index contributed by atoms with van der Waals surface area (Å²) >= 11 is 2.02. The Kier molecular flexibility index (Phi) is 4.34. The Balaban J connectivity index is 2.02. The van der Waals surface area contributed by atoms with Crippen LogP contribution in [0.15, 0.2) is 51.4 Å². The predicted octanol–water partition coefficient (Wildman–Crippen LogP) is 7.71. The highest BCUT2D eigenvalue weighted by Gasteiger charge is 2.41. The average molecular weight is 380 g/mol. The van der Waals surface area contributed by atoms with Crippen LogP contribution in [0.5, 0.6) is 0 Å². The predicted molar refractivity (Wildman–Crippen MR) is 119 cm³/mol. The minimum Gasteiger partial charge on any atom is -0.454 e. The van der Waals surface area contributed by atoms with Gasteiger partial charge in [-0.05, 0) is 36.8 Å². The third-order valence-corrected chi connectivity index (χ3v) is 7.58. The molecule has 3 aromatic rings. The van der Waals surface area contributed by atoms with Crippen LogP contribution in [0, 0.1) is 18.3 Å². The van der Waals surface area contributed by atoms with Crippen molar-refractivity contribution in [3.63, 3.8) is 0 Å². The van der Waals surface area contributed by atoms with Crippen molar-refractivity contribution in [1.29, 1.82) is 0 Å². The number of hydrogen-bond donors (Lipinski definition) is 0. The van der Waals surface area contributed by atoms with Crippen molar-refractivity contribution < 1.29 is 4.42 Å². The fourth-order valence-corrected chi connectivity index (χ4v) is 5.63. The molecule has 2 nitrogen and oxygen atoms in total. The number of furan rings is 1. The summed E-state index contributed by atoms with van der Waals surface area (Å²) in [5.41, 5.74) is 5.97. The number of benzene rings is 2. The average Bonchev–Trinajstić information content (AvgIpc) is 3.13. The molecule has 27 heavy (non-hydrogen) atoms. The molecule has 0 fully saturated rings. The summed E-state index contributed by atoms with van der Waals surface area (Å²) < 4.78 is 6.41. The number of rotatable bonds is 2. The zero-order valence-electron chi connectivity index (χ0n) is 17.4. The lowest BCUT2D eigenvalue weighted by molar-refractivity contribution is 0.395. The first kappa shape index (κ1) is 18.5. The Morgan fingerprint density at radius 2 is 1.70 bits per heavy atom. The highest BCUT2D eigenvalue weighted by atomic mass is 32.2. The molecular formula is C24H29NOS. The fourth-order valence-electron chi connectivity index (χ4n) is 4.13. The van der Waals surface area contributed by atoms with E-state index in [-0.39, 0.29) is 5.41 Å². The molecule has 0 spiro atoms. The van der Waals surface area contributed by atoms with Crippen molar-refractivity contribution >= 4 is 39.4 Å². The molecule has 1 atom stereocenters. The lowest BCUT2D eigenvalue weighted by atomic mass is 9.94. The van der Waals surface area contributed by atoms with Crippen molar-refractivity contribution in [1.82, 2.24) is 0 Å². The van der Waals surface area contributed by atoms with E-state index in [1.54, 1.807) is 0 Å². The van der Waals surface area contributed by atoms with Crippen molar-refractivity contribution in [3.8, 4) is 0 Å². The molecule has 0 aliphatic carbocycles. The van der Waals surface area contributed by atoms with Gasteiger partial charge in [-0.15, -0.1) is 11.8 Å². The molecule has 2 aromatic carbocycles. The number of anilines is 1. The Hall–Kier alpha value is -1.87. The van der Waals surface area contributed by atoms with Gasteiger partial charge in [0.2, 0.25) is 0 Å². The topological polar surface area (TPSA) is 16.4 Å². The summed E-state index contributed by atoms with van der Waals surface area (Å²) in [6, 6.07) is 12.8. The number of hydrogen-bond acceptors (Lipinski definition) is 3. The molecule has 142 valence electrons. The fraction of sp³-hybridized carbons (Fsp3) is 0.417. The van der Waals surface area contributed by atoms with Gasteiger partial charge in [0.25, 0.3) is 0 Å². The smallest absolute Gasteiger partial charge is 0.159 e. The quantitative estimate of drug-likeness (QED) is 0.454. The SMILES string of the molecule is CC1=C(C(C)C)SC(C(C)(C)C)N1c1c(C)ccc2c1oc1ccccc12. The summed E-state index contributed by atoms with van der Waals surface area (Å²) in [5.74, 6) is 0.528. The number of nitrogens with zero attached hydrogens (tertiary/aromatic N) is 1. The molecule has 0 amide bonds. The Labute approximate surface area is 166 Å². The van der Waals surface area contributed by atoms with Crippen molar-refractivity contribution in [2.24, 2.45) is 11.3 Å². The standard InChI is InChI=1S/C24H29NOS/c1-14(2)22-16(4)25(23(27-22)24(5,6)7)20-15(3)12-13-18-17-10-8-9-11-19(17)26-21(18)20/h8-14,23H,1-7H3. The lowest BCUT2D eigenvalue weighted by Gasteiger charge is -2.37. The van der Waals surface area contributed by atoms with Crippen LogP contribution >= 0.6 is 11.8 Å². The largest absolute Gasteiger partial charge is 0.454 e. The molecular weight excluding hydrogens is 350 g/mol. The van der Waals surface area contributed by atoms with Gasteiger partial charge in [-0.2, -0.15) is 0 Å². The molecule has 3 heteroatoms. The second-order valence-corrected chi connectivity index (χ2v) is 10.1. The van der Waals surface area contributed by atoms with Gasteiger partial charge in [-0.25, -0.2) is 0 Å². The normalized spacial score (nSPS) is 18.5. The monoisotopic (exact) mass is 379 g/mol. The first-order valence-electron chi connectivity index (χ1n) is 9.77. The number of thioether (sulfide) groups is 1. The van der Waals surface area contributed by atoms with E-state index in [1.165, 1.54) is 32.6 Å². The van der Waals surface area contributed by atoms with Gasteiger partial charge in [0, 0.05) is 21.4 Å². The molecule has 4 rings (SSSR count). The van der Waals surface area contributed by atoms with E-state index in [2.05, 4.69) is 83.7 Å². The van der Waals surface area contributed by atoms with E-state index in [9.17, 15) is 0 Å². The third-order valence-electron chi connectivity index (χ3n) is 5.42. The van der Waals surface area contributed by atoms with Gasteiger partial charge in [0.05, 0.1) is 11.1 Å². The number of para-hydroxylation sites is 1. The van der Waals surface area contributed by atoms with Gasteiger partial charge < -0.3 is 9.32 Å². The van der Waals surface area contributed by atoms with E-state index >= 15 is 0 Å². The molecule has 1 aromatic heterocycles. The number of fused-ring (bicyclic) bond motifs is 3. The summed E-state index contributed by atoms with van der Waals surface area (Å²) in [7, 11) is 0. The van der Waals surface area contributed by atoms with Crippen LogP contribution in [0.1, 0.15) is 47.1 Å². The van der Waals surface area contributed by atoms with Crippen LogP contribution in [0.3, 0.4) is 0 Å². The van der Waals surface area contributed by atoms with Crippen molar-refractivity contribution in [3.05, 3.63) is 52.6 Å². The highest BCUT2D eigenvalue weighted by molar-refractivity contribution is 8.04. The number of aryl methyl sites for hydroxylation is 1. The molecule has 0 bridgehead atoms. The maximum Gasteiger partial charge on any atom is 0.159 e. The molecule has 1 unspecified atom stereocenters. The highest BCUT2D eigenvalue weighted by Crippen LogP contribution is 2.52. The van der Waals surface area contributed by atoms with Crippen LogP contribution < -0.4 is 4.90 Å². The van der Waals surface area contributed by atoms with Crippen LogP contribution in [0.25, 0.3) is 21.9 Å². The van der Waals surface area contributed by atoms with Gasteiger partial charge in [-0.1, -0.05) is 65.0 Å². The van der Waals surface area contributed by atoms with Gasteiger partial charge >= 0.3 is 0 Å². The van der Waals surface area contributed by atoms with Gasteiger partial charge in [0.15, 0.2) is 5.58 Å². The Morgan fingerprint density at radius 3 is 2.37 bits per heavy atom. The van der Waals surface area contributed by atoms with E-state index in [0.29, 0.717) is 11.3 Å².